The maximum atomic E-state index is 13.0. The van der Waals surface area contributed by atoms with Gasteiger partial charge in [-0.25, -0.2) is 8.42 Å². The molecule has 0 fully saturated rings. The van der Waals surface area contributed by atoms with Gasteiger partial charge in [0.05, 0.1) is 0 Å². The summed E-state index contributed by atoms with van der Waals surface area (Å²) in [5.41, 5.74) is 2.10. The summed E-state index contributed by atoms with van der Waals surface area (Å²) in [6.45, 7) is 1.94. The molecule has 2 N–H and O–H groups in total. The lowest BCUT2D eigenvalue weighted by Crippen LogP contribution is -2.50. The van der Waals surface area contributed by atoms with Crippen LogP contribution in [-0.2, 0) is 27.7 Å². The molecule has 3 aromatic rings. The van der Waals surface area contributed by atoms with Crippen LogP contribution in [0, 0.1) is 0 Å². The fourth-order valence-corrected chi connectivity index (χ4v) is 5.35. The summed E-state index contributed by atoms with van der Waals surface area (Å²) in [7, 11) is -3.76. The van der Waals surface area contributed by atoms with Crippen molar-refractivity contribution in [2.24, 2.45) is 0 Å². The highest BCUT2D eigenvalue weighted by molar-refractivity contribution is 7.91. The minimum Gasteiger partial charge on any atom is -0.352 e. The molecule has 5 nitrogen and oxygen atoms in total. The zero-order valence-corrected chi connectivity index (χ0v) is 18.5. The molecular weight excluding hydrogens is 416 g/mol. The Morgan fingerprint density at radius 2 is 1.57 bits per heavy atom. The van der Waals surface area contributed by atoms with Crippen molar-refractivity contribution in [2.45, 2.75) is 42.5 Å². The third-order valence-electron chi connectivity index (χ3n) is 4.75. The molecule has 2 aromatic carbocycles. The van der Waals surface area contributed by atoms with E-state index < -0.39 is 16.1 Å². The highest BCUT2D eigenvalue weighted by Crippen LogP contribution is 2.17. The zero-order valence-electron chi connectivity index (χ0n) is 16.8. The average Bonchev–Trinajstić information content (AvgIpc) is 3.29. The molecule has 2 atom stereocenters. The van der Waals surface area contributed by atoms with Crippen LogP contribution in [0.1, 0.15) is 24.5 Å². The summed E-state index contributed by atoms with van der Waals surface area (Å²) in [5.74, 6) is -0.320. The van der Waals surface area contributed by atoms with Crippen LogP contribution >= 0.6 is 11.3 Å². The number of rotatable bonds is 10. The molecule has 0 saturated heterocycles. The maximum Gasteiger partial charge on any atom is 0.250 e. The SMILES string of the molecule is C[C@H](CCc1ccccc1)NC(=O)[C@H](Cc1ccccc1)NS(=O)(=O)c1cccs1. The quantitative estimate of drug-likeness (QED) is 0.502. The molecule has 1 heterocycles. The number of hydrogen-bond acceptors (Lipinski definition) is 4. The first-order valence-corrected chi connectivity index (χ1v) is 12.2. The predicted molar refractivity (Wildman–Crippen MR) is 121 cm³/mol. The van der Waals surface area contributed by atoms with E-state index in [0.717, 1.165) is 29.7 Å². The maximum absolute atomic E-state index is 13.0. The van der Waals surface area contributed by atoms with Crippen molar-refractivity contribution in [3.05, 3.63) is 89.3 Å². The summed E-state index contributed by atoms with van der Waals surface area (Å²) >= 11 is 1.13. The molecule has 0 unspecified atom stereocenters. The zero-order chi connectivity index (χ0) is 21.4. The Morgan fingerprint density at radius 1 is 0.933 bits per heavy atom. The number of carbonyl (C=O) groups is 1. The molecule has 7 heteroatoms. The number of sulfonamides is 1. The van der Waals surface area contributed by atoms with Crippen molar-refractivity contribution in [2.75, 3.05) is 0 Å². The van der Waals surface area contributed by atoms with Gasteiger partial charge in [-0.1, -0.05) is 66.7 Å². The number of aryl methyl sites for hydroxylation is 1. The van der Waals surface area contributed by atoms with Crippen LogP contribution in [0.3, 0.4) is 0 Å². The number of thiophene rings is 1. The van der Waals surface area contributed by atoms with E-state index in [-0.39, 0.29) is 22.6 Å². The second-order valence-corrected chi connectivity index (χ2v) is 10.1. The van der Waals surface area contributed by atoms with Gasteiger partial charge in [0.1, 0.15) is 10.3 Å². The van der Waals surface area contributed by atoms with Crippen LogP contribution in [0.5, 0.6) is 0 Å². The minimum atomic E-state index is -3.76. The number of nitrogens with one attached hydrogen (secondary N) is 2. The Labute approximate surface area is 182 Å². The van der Waals surface area contributed by atoms with Gasteiger partial charge < -0.3 is 5.32 Å². The fraction of sp³-hybridized carbons (Fsp3) is 0.261. The van der Waals surface area contributed by atoms with Crippen molar-refractivity contribution in [3.63, 3.8) is 0 Å². The van der Waals surface area contributed by atoms with E-state index in [4.69, 9.17) is 0 Å². The van der Waals surface area contributed by atoms with Gasteiger partial charge in [0, 0.05) is 6.04 Å². The van der Waals surface area contributed by atoms with Crippen LogP contribution in [-0.4, -0.2) is 26.4 Å². The van der Waals surface area contributed by atoms with Gasteiger partial charge in [-0.05, 0) is 48.8 Å². The van der Waals surface area contributed by atoms with Crippen molar-refractivity contribution in [1.29, 1.82) is 0 Å². The highest BCUT2D eigenvalue weighted by atomic mass is 32.2. The Balaban J connectivity index is 1.67. The van der Waals surface area contributed by atoms with Gasteiger partial charge in [0.25, 0.3) is 10.0 Å². The molecule has 1 amide bonds. The first kappa shape index (κ1) is 22.2. The van der Waals surface area contributed by atoms with Crippen LogP contribution in [0.25, 0.3) is 0 Å². The van der Waals surface area contributed by atoms with Gasteiger partial charge in [-0.3, -0.25) is 4.79 Å². The minimum absolute atomic E-state index is 0.0813. The van der Waals surface area contributed by atoms with Crippen molar-refractivity contribution >= 4 is 27.3 Å². The largest absolute Gasteiger partial charge is 0.352 e. The lowest BCUT2D eigenvalue weighted by atomic mass is 10.0. The molecule has 0 saturated carbocycles. The first-order chi connectivity index (χ1) is 14.4. The molecule has 0 aliphatic rings. The molecule has 0 aliphatic carbocycles. The standard InChI is InChI=1S/C23H26N2O3S2/c1-18(14-15-19-9-4-2-5-10-19)24-23(26)21(17-20-11-6-3-7-12-20)25-30(27,28)22-13-8-16-29-22/h2-13,16,18,21,25H,14-15,17H2,1H3,(H,24,26)/t18-,21+/m1/s1. The van der Waals surface area contributed by atoms with Crippen molar-refractivity contribution < 1.29 is 13.2 Å². The highest BCUT2D eigenvalue weighted by Gasteiger charge is 2.27. The van der Waals surface area contributed by atoms with E-state index in [1.54, 1.807) is 11.4 Å². The van der Waals surface area contributed by atoms with E-state index in [2.05, 4.69) is 22.2 Å². The lowest BCUT2D eigenvalue weighted by molar-refractivity contribution is -0.123. The van der Waals surface area contributed by atoms with E-state index in [0.29, 0.717) is 0 Å². The molecule has 3 rings (SSSR count). The Bertz CT molecular complexity index is 1020. The Kier molecular flexibility index (Phi) is 7.79. The summed E-state index contributed by atoms with van der Waals surface area (Å²) in [6, 6.07) is 21.7. The number of hydrogen-bond donors (Lipinski definition) is 2. The normalized spacial score (nSPS) is 13.5. The van der Waals surface area contributed by atoms with Gasteiger partial charge in [0.15, 0.2) is 0 Å². The summed E-state index contributed by atoms with van der Waals surface area (Å²) in [5, 5.41) is 4.68. The second kappa shape index (κ2) is 10.5. The Morgan fingerprint density at radius 3 is 2.17 bits per heavy atom. The van der Waals surface area contributed by atoms with Crippen LogP contribution < -0.4 is 10.0 Å². The topological polar surface area (TPSA) is 75.3 Å². The molecule has 0 radical (unpaired) electrons. The van der Waals surface area contributed by atoms with E-state index in [1.165, 1.54) is 11.6 Å². The summed E-state index contributed by atoms with van der Waals surface area (Å²) in [6.07, 6.45) is 1.89. The smallest absolute Gasteiger partial charge is 0.250 e. The number of carbonyl (C=O) groups excluding carboxylic acids is 1. The number of amides is 1. The lowest BCUT2D eigenvalue weighted by Gasteiger charge is -2.21. The molecule has 158 valence electrons. The molecule has 0 bridgehead atoms. The molecular formula is C23H26N2O3S2. The first-order valence-electron chi connectivity index (χ1n) is 9.88. The fourth-order valence-electron chi connectivity index (χ4n) is 3.14. The second-order valence-electron chi connectivity index (χ2n) is 7.23. The van der Waals surface area contributed by atoms with Gasteiger partial charge in [-0.15, -0.1) is 11.3 Å². The summed E-state index contributed by atoms with van der Waals surface area (Å²) in [4.78, 5) is 13.0. The number of benzene rings is 2. The van der Waals surface area contributed by atoms with Gasteiger partial charge in [0.2, 0.25) is 5.91 Å². The predicted octanol–water partition coefficient (Wildman–Crippen LogP) is 3.78. The van der Waals surface area contributed by atoms with Gasteiger partial charge in [-0.2, -0.15) is 4.72 Å². The van der Waals surface area contributed by atoms with E-state index in [9.17, 15) is 13.2 Å². The molecule has 1 aromatic heterocycles. The average molecular weight is 443 g/mol. The summed E-state index contributed by atoms with van der Waals surface area (Å²) < 4.78 is 28.2. The van der Waals surface area contributed by atoms with Crippen molar-refractivity contribution in [1.82, 2.24) is 10.0 Å². The molecule has 0 spiro atoms. The van der Waals surface area contributed by atoms with E-state index in [1.807, 2.05) is 55.5 Å². The monoisotopic (exact) mass is 442 g/mol. The molecule has 30 heavy (non-hydrogen) atoms. The van der Waals surface area contributed by atoms with E-state index >= 15 is 0 Å². The van der Waals surface area contributed by atoms with Gasteiger partial charge >= 0.3 is 0 Å². The third kappa shape index (κ3) is 6.52. The van der Waals surface area contributed by atoms with Crippen LogP contribution in [0.15, 0.2) is 82.4 Å². The molecule has 0 aliphatic heterocycles. The van der Waals surface area contributed by atoms with Crippen LogP contribution in [0.4, 0.5) is 0 Å². The Hall–Kier alpha value is -2.48. The third-order valence-corrected chi connectivity index (χ3v) is 7.62. The van der Waals surface area contributed by atoms with Crippen molar-refractivity contribution in [3.8, 4) is 0 Å². The van der Waals surface area contributed by atoms with Crippen LogP contribution in [0.2, 0.25) is 0 Å².